The Hall–Kier alpha value is -3.12. The molecule has 3 aromatic carbocycles. The van der Waals surface area contributed by atoms with Gasteiger partial charge in [-0.3, -0.25) is 4.79 Å². The molecule has 0 saturated carbocycles. The van der Waals surface area contributed by atoms with E-state index in [0.29, 0.717) is 19.6 Å². The summed E-state index contributed by atoms with van der Waals surface area (Å²) in [4.78, 5) is 19.8. The number of imidazole rings is 1. The topological polar surface area (TPSA) is 47.4 Å². The van der Waals surface area contributed by atoms with Crippen LogP contribution in [0, 0.1) is 13.8 Å². The number of carbonyl (C=O) groups excluding carboxylic acids is 1. The first-order chi connectivity index (χ1) is 17.0. The third-order valence-electron chi connectivity index (χ3n) is 6.53. The van der Waals surface area contributed by atoms with Crippen molar-refractivity contribution in [1.29, 1.82) is 0 Å². The van der Waals surface area contributed by atoms with Crippen LogP contribution >= 0.6 is 15.9 Å². The van der Waals surface area contributed by atoms with Crippen LogP contribution in [0.5, 0.6) is 5.75 Å². The normalized spacial score (nSPS) is 15.8. The number of rotatable bonds is 8. The van der Waals surface area contributed by atoms with Gasteiger partial charge in [-0.05, 0) is 80.3 Å². The van der Waals surface area contributed by atoms with Crippen LogP contribution < -0.4 is 9.64 Å². The van der Waals surface area contributed by atoms with E-state index in [4.69, 9.17) is 9.72 Å². The molecule has 6 heteroatoms. The zero-order valence-corrected chi connectivity index (χ0v) is 21.8. The highest BCUT2D eigenvalue weighted by molar-refractivity contribution is 9.10. The van der Waals surface area contributed by atoms with Crippen LogP contribution in [0.2, 0.25) is 0 Å². The van der Waals surface area contributed by atoms with E-state index >= 15 is 0 Å². The van der Waals surface area contributed by atoms with Gasteiger partial charge in [0.1, 0.15) is 11.6 Å². The fourth-order valence-corrected chi connectivity index (χ4v) is 5.38. The van der Waals surface area contributed by atoms with Crippen molar-refractivity contribution in [3.63, 3.8) is 0 Å². The van der Waals surface area contributed by atoms with Crippen molar-refractivity contribution < 1.29 is 9.53 Å². The zero-order chi connectivity index (χ0) is 24.4. The highest BCUT2D eigenvalue weighted by Gasteiger charge is 2.34. The maximum Gasteiger partial charge on any atom is 0.227 e. The lowest BCUT2D eigenvalue weighted by Gasteiger charge is -2.18. The van der Waals surface area contributed by atoms with E-state index < -0.39 is 0 Å². The molecule has 1 aromatic heterocycles. The first-order valence-electron chi connectivity index (χ1n) is 12.2. The van der Waals surface area contributed by atoms with Crippen LogP contribution in [-0.2, 0) is 11.3 Å². The van der Waals surface area contributed by atoms with E-state index in [1.165, 1.54) is 11.1 Å². The van der Waals surface area contributed by atoms with E-state index in [1.807, 2.05) is 35.2 Å². The van der Waals surface area contributed by atoms with E-state index in [-0.39, 0.29) is 11.8 Å². The molecule has 0 spiro atoms. The molecule has 0 N–H and O–H groups in total. The van der Waals surface area contributed by atoms with E-state index in [9.17, 15) is 4.79 Å². The summed E-state index contributed by atoms with van der Waals surface area (Å²) < 4.78 is 9.30. The number of hydrogen-bond donors (Lipinski definition) is 0. The quantitative estimate of drug-likeness (QED) is 0.235. The number of unbranched alkanes of at least 4 members (excludes halogenated alkanes) is 1. The number of fused-ring (bicyclic) bond motifs is 1. The van der Waals surface area contributed by atoms with Crippen LogP contribution in [0.25, 0.3) is 11.0 Å². The van der Waals surface area contributed by atoms with Gasteiger partial charge in [0.05, 0.1) is 17.6 Å². The van der Waals surface area contributed by atoms with Gasteiger partial charge in [0.15, 0.2) is 0 Å². The third kappa shape index (κ3) is 5.27. The first kappa shape index (κ1) is 23.6. The van der Waals surface area contributed by atoms with Crippen LogP contribution in [0.3, 0.4) is 0 Å². The number of aryl methyl sites for hydroxylation is 3. The lowest BCUT2D eigenvalue weighted by molar-refractivity contribution is -0.117. The Morgan fingerprint density at radius 3 is 2.60 bits per heavy atom. The summed E-state index contributed by atoms with van der Waals surface area (Å²) in [6, 6.07) is 22.5. The van der Waals surface area contributed by atoms with Gasteiger partial charge in [-0.15, -0.1) is 0 Å². The molecule has 1 atom stereocenters. The fourth-order valence-electron chi connectivity index (χ4n) is 4.99. The summed E-state index contributed by atoms with van der Waals surface area (Å²) in [6.45, 7) is 6.37. The maximum atomic E-state index is 12.9. The van der Waals surface area contributed by atoms with E-state index in [0.717, 1.165) is 52.2 Å². The molecule has 35 heavy (non-hydrogen) atoms. The molecule has 1 fully saturated rings. The summed E-state index contributed by atoms with van der Waals surface area (Å²) in [5.41, 5.74) is 5.49. The molecule has 5 nitrogen and oxygen atoms in total. The number of anilines is 1. The number of ether oxygens (including phenoxy) is 1. The molecule has 0 aliphatic carbocycles. The standard InChI is InChI=1S/C29H30BrN3O2/c1-20-14-21(2)16-25(15-20)35-13-6-5-12-32-27-11-4-3-10-26(27)31-29(32)22-17-28(34)33(19-22)24-9-7-8-23(30)18-24/h3-4,7-11,14-16,18,22H,5-6,12-13,17,19H2,1-2H3. The van der Waals surface area contributed by atoms with Gasteiger partial charge in [-0.2, -0.15) is 0 Å². The van der Waals surface area contributed by atoms with Crippen LogP contribution in [0.1, 0.15) is 42.1 Å². The Kier molecular flexibility index (Phi) is 6.91. The van der Waals surface area contributed by atoms with Crippen LogP contribution in [0.4, 0.5) is 5.69 Å². The van der Waals surface area contributed by atoms with Gasteiger partial charge in [-0.1, -0.05) is 40.2 Å². The summed E-state index contributed by atoms with van der Waals surface area (Å²) in [6.07, 6.45) is 2.41. The number of nitrogens with zero attached hydrogens (tertiary/aromatic N) is 3. The molecule has 0 radical (unpaired) electrons. The number of halogens is 1. The summed E-state index contributed by atoms with van der Waals surface area (Å²) in [7, 11) is 0. The Morgan fingerprint density at radius 1 is 1.00 bits per heavy atom. The van der Waals surface area contributed by atoms with Crippen molar-refractivity contribution in [2.45, 2.75) is 45.6 Å². The third-order valence-corrected chi connectivity index (χ3v) is 7.03. The summed E-state index contributed by atoms with van der Waals surface area (Å²) in [5.74, 6) is 2.16. The minimum Gasteiger partial charge on any atom is -0.494 e. The summed E-state index contributed by atoms with van der Waals surface area (Å²) >= 11 is 3.52. The highest BCUT2D eigenvalue weighted by atomic mass is 79.9. The van der Waals surface area contributed by atoms with Crippen molar-refractivity contribution in [1.82, 2.24) is 9.55 Å². The molecule has 4 aromatic rings. The van der Waals surface area contributed by atoms with Crippen molar-refractivity contribution in [3.8, 4) is 5.75 Å². The molecular weight excluding hydrogens is 502 g/mol. The minimum atomic E-state index is 0.0698. The molecule has 180 valence electrons. The van der Waals surface area contributed by atoms with Gasteiger partial charge >= 0.3 is 0 Å². The van der Waals surface area contributed by atoms with Crippen molar-refractivity contribution in [3.05, 3.63) is 88.2 Å². The second kappa shape index (κ2) is 10.2. The SMILES string of the molecule is Cc1cc(C)cc(OCCCCn2c(C3CC(=O)N(c4cccc(Br)c4)C3)nc3ccccc32)c1. The highest BCUT2D eigenvalue weighted by Crippen LogP contribution is 2.34. The molecular formula is C29H30BrN3O2. The van der Waals surface area contributed by atoms with Gasteiger partial charge in [0.2, 0.25) is 5.91 Å². The van der Waals surface area contributed by atoms with Crippen molar-refractivity contribution >= 4 is 38.6 Å². The molecule has 1 saturated heterocycles. The predicted molar refractivity (Wildman–Crippen MR) is 144 cm³/mol. The fraction of sp³-hybridized carbons (Fsp3) is 0.310. The number of amides is 1. The number of para-hydroxylation sites is 2. The maximum absolute atomic E-state index is 12.9. The summed E-state index contributed by atoms with van der Waals surface area (Å²) in [5, 5.41) is 0. The average molecular weight is 532 g/mol. The Balaban J connectivity index is 1.29. The van der Waals surface area contributed by atoms with Crippen molar-refractivity contribution in [2.75, 3.05) is 18.1 Å². The molecule has 1 amide bonds. The van der Waals surface area contributed by atoms with Crippen LogP contribution in [-0.4, -0.2) is 28.6 Å². The number of aromatic nitrogens is 2. The van der Waals surface area contributed by atoms with Gasteiger partial charge in [-0.25, -0.2) is 4.98 Å². The monoisotopic (exact) mass is 531 g/mol. The van der Waals surface area contributed by atoms with Gasteiger partial charge in [0, 0.05) is 35.6 Å². The second-order valence-corrected chi connectivity index (χ2v) is 10.3. The smallest absolute Gasteiger partial charge is 0.227 e. The molecule has 2 heterocycles. The second-order valence-electron chi connectivity index (χ2n) is 9.37. The molecule has 1 aliphatic rings. The number of hydrogen-bond acceptors (Lipinski definition) is 3. The molecule has 1 aliphatic heterocycles. The Morgan fingerprint density at radius 2 is 1.80 bits per heavy atom. The lowest BCUT2D eigenvalue weighted by atomic mass is 10.1. The lowest BCUT2D eigenvalue weighted by Crippen LogP contribution is -2.24. The molecule has 1 unspecified atom stereocenters. The Bertz CT molecular complexity index is 1340. The largest absolute Gasteiger partial charge is 0.494 e. The number of carbonyl (C=O) groups is 1. The molecule has 0 bridgehead atoms. The minimum absolute atomic E-state index is 0.0698. The van der Waals surface area contributed by atoms with Gasteiger partial charge < -0.3 is 14.2 Å². The zero-order valence-electron chi connectivity index (χ0n) is 20.2. The number of benzene rings is 3. The Labute approximate surface area is 214 Å². The van der Waals surface area contributed by atoms with Gasteiger partial charge in [0.25, 0.3) is 0 Å². The van der Waals surface area contributed by atoms with E-state index in [1.54, 1.807) is 0 Å². The predicted octanol–water partition coefficient (Wildman–Crippen LogP) is 6.80. The van der Waals surface area contributed by atoms with E-state index in [2.05, 4.69) is 70.7 Å². The average Bonchev–Trinajstić information content (AvgIpc) is 3.39. The first-order valence-corrected chi connectivity index (χ1v) is 13.0. The van der Waals surface area contributed by atoms with Crippen LogP contribution in [0.15, 0.2) is 71.2 Å². The molecule has 5 rings (SSSR count). The van der Waals surface area contributed by atoms with Crippen molar-refractivity contribution in [2.24, 2.45) is 0 Å².